The molecule has 1 aromatic carbocycles. The molecule has 0 aliphatic carbocycles. The van der Waals surface area contributed by atoms with Gasteiger partial charge in [0.05, 0.1) is 4.90 Å². The van der Waals surface area contributed by atoms with E-state index in [-0.39, 0.29) is 16.5 Å². The Morgan fingerprint density at radius 2 is 1.84 bits per heavy atom. The first-order chi connectivity index (χ1) is 8.88. The molecule has 0 bridgehead atoms. The van der Waals surface area contributed by atoms with Crippen molar-refractivity contribution in [2.24, 2.45) is 0 Å². The van der Waals surface area contributed by atoms with E-state index in [1.807, 2.05) is 12.1 Å². The van der Waals surface area contributed by atoms with Gasteiger partial charge in [-0.1, -0.05) is 31.1 Å². The average molecular weight is 280 g/mol. The van der Waals surface area contributed by atoms with Crippen LogP contribution in [0.1, 0.15) is 37.0 Å². The first-order valence-corrected chi connectivity index (χ1v) is 7.65. The van der Waals surface area contributed by atoms with Crippen LogP contribution in [-0.2, 0) is 15.6 Å². The van der Waals surface area contributed by atoms with E-state index >= 15 is 0 Å². The van der Waals surface area contributed by atoms with Crippen LogP contribution in [0.2, 0.25) is 0 Å². The maximum Gasteiger partial charge on any atom is 0.242 e. The summed E-state index contributed by atoms with van der Waals surface area (Å²) in [6, 6.07) is 6.90. The van der Waals surface area contributed by atoms with Crippen molar-refractivity contribution >= 4 is 9.84 Å². The molecule has 0 saturated carbocycles. The normalized spacial score (nSPS) is 12.0. The Morgan fingerprint density at radius 1 is 1.21 bits per heavy atom. The fraction of sp³-hybridized carbons (Fsp3) is 0.385. The van der Waals surface area contributed by atoms with Crippen molar-refractivity contribution in [1.29, 1.82) is 0 Å². The number of nitrogens with zero attached hydrogens (tertiary/aromatic N) is 2. The van der Waals surface area contributed by atoms with E-state index in [0.717, 1.165) is 5.56 Å². The highest BCUT2D eigenvalue weighted by Gasteiger charge is 2.19. The molecule has 0 saturated heterocycles. The zero-order valence-electron chi connectivity index (χ0n) is 11.1. The summed E-state index contributed by atoms with van der Waals surface area (Å²) in [6.45, 7) is 5.77. The van der Waals surface area contributed by atoms with Crippen LogP contribution in [0, 0.1) is 6.92 Å². The Hall–Kier alpha value is -1.69. The largest absolute Gasteiger partial charge is 0.338 e. The predicted molar refractivity (Wildman–Crippen MR) is 70.5 cm³/mol. The molecule has 5 nitrogen and oxygen atoms in total. The Balaban J connectivity index is 2.24. The first-order valence-electron chi connectivity index (χ1n) is 6.00. The summed E-state index contributed by atoms with van der Waals surface area (Å²) in [5, 5.41) is 3.58. The maximum absolute atomic E-state index is 12.2. The summed E-state index contributed by atoms with van der Waals surface area (Å²) in [5.74, 6) is 0.649. The molecule has 0 N–H and O–H groups in total. The van der Waals surface area contributed by atoms with Crippen molar-refractivity contribution in [1.82, 2.24) is 10.1 Å². The van der Waals surface area contributed by atoms with Gasteiger partial charge in [-0.15, -0.1) is 0 Å². The third-order valence-corrected chi connectivity index (χ3v) is 4.41. The van der Waals surface area contributed by atoms with Gasteiger partial charge in [0, 0.05) is 0 Å². The van der Waals surface area contributed by atoms with Gasteiger partial charge in [-0.2, -0.15) is 4.98 Å². The Morgan fingerprint density at radius 3 is 2.32 bits per heavy atom. The van der Waals surface area contributed by atoms with Gasteiger partial charge >= 0.3 is 0 Å². The summed E-state index contributed by atoms with van der Waals surface area (Å²) in [7, 11) is -3.44. The van der Waals surface area contributed by atoms with E-state index in [1.165, 1.54) is 0 Å². The molecule has 19 heavy (non-hydrogen) atoms. The van der Waals surface area contributed by atoms with Crippen molar-refractivity contribution in [3.05, 3.63) is 41.5 Å². The van der Waals surface area contributed by atoms with E-state index in [1.54, 1.807) is 19.1 Å². The molecule has 1 aromatic heterocycles. The second kappa shape index (κ2) is 5.13. The van der Waals surface area contributed by atoms with Crippen LogP contribution in [0.25, 0.3) is 0 Å². The number of rotatable bonds is 4. The SMILES string of the molecule is Cc1noc(CS(=O)(=O)c2ccc(C(C)C)cc2)n1. The highest BCUT2D eigenvalue weighted by Crippen LogP contribution is 2.20. The minimum Gasteiger partial charge on any atom is -0.338 e. The lowest BCUT2D eigenvalue weighted by atomic mass is 10.0. The van der Waals surface area contributed by atoms with Gasteiger partial charge in [-0.05, 0) is 30.5 Å². The number of benzene rings is 1. The second-order valence-corrected chi connectivity index (χ2v) is 6.71. The number of aryl methyl sites for hydroxylation is 1. The summed E-state index contributed by atoms with van der Waals surface area (Å²) < 4.78 is 29.2. The van der Waals surface area contributed by atoms with Gasteiger partial charge in [0.2, 0.25) is 5.89 Å². The van der Waals surface area contributed by atoms with Crippen LogP contribution < -0.4 is 0 Å². The van der Waals surface area contributed by atoms with Crippen LogP contribution in [0.3, 0.4) is 0 Å². The summed E-state index contributed by atoms with van der Waals surface area (Å²) >= 11 is 0. The van der Waals surface area contributed by atoms with E-state index in [9.17, 15) is 8.42 Å². The highest BCUT2D eigenvalue weighted by molar-refractivity contribution is 7.90. The number of sulfone groups is 1. The van der Waals surface area contributed by atoms with Crippen LogP contribution in [0.15, 0.2) is 33.7 Å². The number of hydrogen-bond donors (Lipinski definition) is 0. The second-order valence-electron chi connectivity index (χ2n) is 4.72. The molecule has 0 amide bonds. The van der Waals surface area contributed by atoms with Gasteiger partial charge in [0.15, 0.2) is 15.7 Å². The Labute approximate surface area is 112 Å². The molecule has 102 valence electrons. The zero-order chi connectivity index (χ0) is 14.0. The van der Waals surface area contributed by atoms with E-state index in [2.05, 4.69) is 24.0 Å². The molecule has 0 spiro atoms. The topological polar surface area (TPSA) is 73.1 Å². The third-order valence-electron chi connectivity index (χ3n) is 2.79. The van der Waals surface area contributed by atoms with Gasteiger partial charge in [0.1, 0.15) is 5.75 Å². The molecule has 0 unspecified atom stereocenters. The zero-order valence-corrected chi connectivity index (χ0v) is 11.9. The maximum atomic E-state index is 12.2. The molecule has 2 rings (SSSR count). The van der Waals surface area contributed by atoms with Crippen LogP contribution in [0.4, 0.5) is 0 Å². The monoisotopic (exact) mass is 280 g/mol. The fourth-order valence-electron chi connectivity index (χ4n) is 1.70. The van der Waals surface area contributed by atoms with E-state index in [0.29, 0.717) is 11.7 Å². The van der Waals surface area contributed by atoms with Crippen LogP contribution in [0.5, 0.6) is 0 Å². The van der Waals surface area contributed by atoms with Crippen molar-refractivity contribution in [2.75, 3.05) is 0 Å². The number of hydrogen-bond acceptors (Lipinski definition) is 5. The first kappa shape index (κ1) is 13.7. The Kier molecular flexibility index (Phi) is 3.71. The van der Waals surface area contributed by atoms with Gasteiger partial charge in [-0.25, -0.2) is 8.42 Å². The lowest BCUT2D eigenvalue weighted by Crippen LogP contribution is -2.05. The van der Waals surface area contributed by atoms with Crippen molar-refractivity contribution in [3.8, 4) is 0 Å². The van der Waals surface area contributed by atoms with Crippen LogP contribution in [-0.4, -0.2) is 18.6 Å². The molecule has 0 aliphatic heterocycles. The average Bonchev–Trinajstić information content (AvgIpc) is 2.74. The highest BCUT2D eigenvalue weighted by atomic mass is 32.2. The van der Waals surface area contributed by atoms with Gasteiger partial charge in [-0.3, -0.25) is 0 Å². The lowest BCUT2D eigenvalue weighted by Gasteiger charge is -2.06. The molecule has 0 radical (unpaired) electrons. The molecule has 6 heteroatoms. The Bertz CT molecular complexity index is 657. The standard InChI is InChI=1S/C13H16N2O3S/c1-9(2)11-4-6-12(7-5-11)19(16,17)8-13-14-10(3)15-18-13/h4-7,9H,8H2,1-3H3. The van der Waals surface area contributed by atoms with E-state index < -0.39 is 9.84 Å². The minimum absolute atomic E-state index is 0.116. The fourth-order valence-corrected chi connectivity index (χ4v) is 2.86. The molecule has 1 heterocycles. The molecule has 0 aliphatic rings. The number of aromatic nitrogens is 2. The van der Waals surface area contributed by atoms with Crippen molar-refractivity contribution in [2.45, 2.75) is 37.3 Å². The summed E-state index contributed by atoms with van der Waals surface area (Å²) in [5.41, 5.74) is 1.10. The lowest BCUT2D eigenvalue weighted by molar-refractivity contribution is 0.384. The van der Waals surface area contributed by atoms with Crippen molar-refractivity contribution < 1.29 is 12.9 Å². The molecule has 2 aromatic rings. The van der Waals surface area contributed by atoms with Gasteiger partial charge in [0.25, 0.3) is 0 Å². The minimum atomic E-state index is -3.44. The smallest absolute Gasteiger partial charge is 0.242 e. The molecule has 0 fully saturated rings. The third kappa shape index (κ3) is 3.20. The summed E-state index contributed by atoms with van der Waals surface area (Å²) in [4.78, 5) is 4.18. The molecular formula is C13H16N2O3S. The van der Waals surface area contributed by atoms with Crippen LogP contribution >= 0.6 is 0 Å². The van der Waals surface area contributed by atoms with Crippen molar-refractivity contribution in [3.63, 3.8) is 0 Å². The molecular weight excluding hydrogens is 264 g/mol. The predicted octanol–water partition coefficient (Wildman–Crippen LogP) is 2.48. The summed E-state index contributed by atoms with van der Waals surface area (Å²) in [6.07, 6.45) is 0. The van der Waals surface area contributed by atoms with Gasteiger partial charge < -0.3 is 4.52 Å². The quantitative estimate of drug-likeness (QED) is 0.860. The molecule has 0 atom stereocenters. The van der Waals surface area contributed by atoms with E-state index in [4.69, 9.17) is 4.52 Å².